The topological polar surface area (TPSA) is 35.5 Å². The Balaban J connectivity index is 2.04. The molecule has 0 spiro atoms. The first-order valence-corrected chi connectivity index (χ1v) is 6.76. The predicted molar refractivity (Wildman–Crippen MR) is 78.9 cm³/mol. The molecule has 3 heteroatoms. The van der Waals surface area contributed by atoms with Crippen molar-refractivity contribution in [2.75, 3.05) is 13.2 Å². The molecule has 20 heavy (non-hydrogen) atoms. The normalized spacial score (nSPS) is 10.1. The van der Waals surface area contributed by atoms with Gasteiger partial charge in [-0.1, -0.05) is 42.2 Å². The van der Waals surface area contributed by atoms with Gasteiger partial charge in [-0.2, -0.15) is 0 Å². The van der Waals surface area contributed by atoms with Crippen LogP contribution in [0.25, 0.3) is 0 Å². The van der Waals surface area contributed by atoms with E-state index in [0.717, 1.165) is 12.8 Å². The largest absolute Gasteiger partial charge is 0.463 e. The Kier molecular flexibility index (Phi) is 8.67. The Morgan fingerprint density at radius 2 is 2.10 bits per heavy atom. The second kappa shape index (κ2) is 10.8. The van der Waals surface area contributed by atoms with E-state index in [-0.39, 0.29) is 5.97 Å². The van der Waals surface area contributed by atoms with Crippen LogP contribution in [0.1, 0.15) is 25.3 Å². The zero-order chi connectivity index (χ0) is 14.5. The number of rotatable bonds is 7. The summed E-state index contributed by atoms with van der Waals surface area (Å²) in [5.41, 5.74) is 1.18. The molecule has 1 aromatic rings. The lowest BCUT2D eigenvalue weighted by molar-refractivity contribution is -0.137. The van der Waals surface area contributed by atoms with Gasteiger partial charge in [0.2, 0.25) is 0 Å². The van der Waals surface area contributed by atoms with Crippen LogP contribution in [0.5, 0.6) is 0 Å². The smallest absolute Gasteiger partial charge is 0.331 e. The first-order chi connectivity index (χ1) is 9.83. The van der Waals surface area contributed by atoms with E-state index in [0.29, 0.717) is 19.8 Å². The Morgan fingerprint density at radius 3 is 2.85 bits per heavy atom. The Morgan fingerprint density at radius 1 is 1.30 bits per heavy atom. The molecule has 3 nitrogen and oxygen atoms in total. The average Bonchev–Trinajstić information content (AvgIpc) is 2.47. The van der Waals surface area contributed by atoms with Crippen molar-refractivity contribution >= 4 is 5.97 Å². The molecule has 0 saturated carbocycles. The number of carbonyl (C=O) groups is 1. The van der Waals surface area contributed by atoms with Crippen LogP contribution in [-0.2, 0) is 20.9 Å². The van der Waals surface area contributed by atoms with E-state index in [1.807, 2.05) is 30.3 Å². The zero-order valence-corrected chi connectivity index (χ0v) is 11.8. The summed E-state index contributed by atoms with van der Waals surface area (Å²) < 4.78 is 10.3. The summed E-state index contributed by atoms with van der Waals surface area (Å²) >= 11 is 0. The number of hydrogen-bond donors (Lipinski definition) is 0. The molecule has 106 valence electrons. The van der Waals surface area contributed by atoms with E-state index in [1.54, 1.807) is 6.92 Å². The minimum Gasteiger partial charge on any atom is -0.463 e. The van der Waals surface area contributed by atoms with Crippen LogP contribution in [-0.4, -0.2) is 19.2 Å². The minimum absolute atomic E-state index is 0.354. The fourth-order valence-electron chi connectivity index (χ4n) is 1.46. The van der Waals surface area contributed by atoms with Crippen molar-refractivity contribution in [2.24, 2.45) is 0 Å². The molecule has 0 saturated heterocycles. The molecule has 0 aliphatic carbocycles. The molecule has 1 rings (SSSR count). The monoisotopic (exact) mass is 272 g/mol. The lowest BCUT2D eigenvalue weighted by atomic mass is 10.2. The highest BCUT2D eigenvalue weighted by atomic mass is 16.5. The lowest BCUT2D eigenvalue weighted by Gasteiger charge is -2.02. The van der Waals surface area contributed by atoms with E-state index in [9.17, 15) is 4.79 Å². The van der Waals surface area contributed by atoms with E-state index in [2.05, 4.69) is 11.8 Å². The first-order valence-electron chi connectivity index (χ1n) is 6.76. The number of unbranched alkanes of at least 4 members (excludes halogenated alkanes) is 1. The van der Waals surface area contributed by atoms with Crippen LogP contribution in [0.15, 0.2) is 42.5 Å². The van der Waals surface area contributed by atoms with Crippen molar-refractivity contribution in [3.8, 4) is 11.8 Å². The molecule has 0 aliphatic rings. The molecular weight excluding hydrogens is 252 g/mol. The van der Waals surface area contributed by atoms with Gasteiger partial charge in [-0.3, -0.25) is 0 Å². The van der Waals surface area contributed by atoms with E-state index < -0.39 is 0 Å². The second-order valence-corrected chi connectivity index (χ2v) is 4.05. The standard InChI is InChI=1S/C17H20O3/c1-2-20-17(18)13-9-4-3-5-10-14-19-15-16-11-7-6-8-12-16/h6-9,11-13H,2,5,10,14-15H2,1H3/b13-9-. The third-order valence-corrected chi connectivity index (χ3v) is 2.39. The molecular formula is C17H20O3. The Hall–Kier alpha value is -2.05. The van der Waals surface area contributed by atoms with E-state index in [4.69, 9.17) is 9.47 Å². The molecule has 0 amide bonds. The highest BCUT2D eigenvalue weighted by Gasteiger charge is 1.91. The number of esters is 1. The quantitative estimate of drug-likeness (QED) is 0.331. The first kappa shape index (κ1) is 16.0. The van der Waals surface area contributed by atoms with Gasteiger partial charge in [0.1, 0.15) is 0 Å². The third kappa shape index (κ3) is 8.12. The van der Waals surface area contributed by atoms with Crippen molar-refractivity contribution in [1.82, 2.24) is 0 Å². The number of allylic oxidation sites excluding steroid dienone is 1. The molecule has 0 aliphatic heterocycles. The summed E-state index contributed by atoms with van der Waals surface area (Å²) in [6, 6.07) is 10.1. The van der Waals surface area contributed by atoms with Crippen molar-refractivity contribution < 1.29 is 14.3 Å². The maximum absolute atomic E-state index is 11.0. The van der Waals surface area contributed by atoms with Gasteiger partial charge in [-0.25, -0.2) is 4.79 Å². The van der Waals surface area contributed by atoms with Crippen LogP contribution in [0.3, 0.4) is 0 Å². The summed E-state index contributed by atoms with van der Waals surface area (Å²) in [5, 5.41) is 0. The summed E-state index contributed by atoms with van der Waals surface area (Å²) in [6.45, 7) is 3.48. The van der Waals surface area contributed by atoms with Crippen molar-refractivity contribution in [1.29, 1.82) is 0 Å². The number of benzene rings is 1. The zero-order valence-electron chi connectivity index (χ0n) is 11.8. The predicted octanol–water partition coefficient (Wildman–Crippen LogP) is 3.11. The molecule has 0 radical (unpaired) electrons. The summed E-state index contributed by atoms with van der Waals surface area (Å²) in [7, 11) is 0. The van der Waals surface area contributed by atoms with Gasteiger partial charge in [-0.05, 0) is 25.0 Å². The van der Waals surface area contributed by atoms with E-state index >= 15 is 0 Å². The van der Waals surface area contributed by atoms with Gasteiger partial charge in [-0.15, -0.1) is 0 Å². The van der Waals surface area contributed by atoms with Gasteiger partial charge >= 0.3 is 5.97 Å². The molecule has 0 bridgehead atoms. The van der Waals surface area contributed by atoms with Gasteiger partial charge in [0.15, 0.2) is 0 Å². The molecule has 0 unspecified atom stereocenters. The van der Waals surface area contributed by atoms with Crippen LogP contribution >= 0.6 is 0 Å². The summed E-state index contributed by atoms with van der Waals surface area (Å²) in [6.07, 6.45) is 4.49. The lowest BCUT2D eigenvalue weighted by Crippen LogP contribution is -1.98. The molecule has 0 heterocycles. The van der Waals surface area contributed by atoms with Crippen LogP contribution < -0.4 is 0 Å². The highest BCUT2D eigenvalue weighted by molar-refractivity contribution is 5.82. The number of ether oxygens (including phenoxy) is 2. The second-order valence-electron chi connectivity index (χ2n) is 4.05. The van der Waals surface area contributed by atoms with Gasteiger partial charge in [0.25, 0.3) is 0 Å². The molecule has 1 aromatic carbocycles. The Labute approximate surface area is 120 Å². The van der Waals surface area contributed by atoms with Gasteiger partial charge in [0.05, 0.1) is 13.2 Å². The van der Waals surface area contributed by atoms with Gasteiger partial charge < -0.3 is 9.47 Å². The summed E-state index contributed by atoms with van der Waals surface area (Å²) in [5.74, 6) is 5.40. The molecule has 0 N–H and O–H groups in total. The molecule has 0 atom stereocenters. The van der Waals surface area contributed by atoms with Crippen LogP contribution in [0.2, 0.25) is 0 Å². The number of carbonyl (C=O) groups excluding carboxylic acids is 1. The SMILES string of the molecule is CCOC(=O)/C=C\C#CCCCOCc1ccccc1. The summed E-state index contributed by atoms with van der Waals surface area (Å²) in [4.78, 5) is 11.0. The third-order valence-electron chi connectivity index (χ3n) is 2.39. The van der Waals surface area contributed by atoms with Crippen LogP contribution in [0, 0.1) is 11.8 Å². The van der Waals surface area contributed by atoms with Gasteiger partial charge in [0, 0.05) is 19.1 Å². The fraction of sp³-hybridized carbons (Fsp3) is 0.353. The van der Waals surface area contributed by atoms with Crippen molar-refractivity contribution in [3.05, 3.63) is 48.0 Å². The maximum Gasteiger partial charge on any atom is 0.331 e. The number of hydrogen-bond acceptors (Lipinski definition) is 3. The average molecular weight is 272 g/mol. The fourth-order valence-corrected chi connectivity index (χ4v) is 1.46. The Bertz CT molecular complexity index is 466. The van der Waals surface area contributed by atoms with Crippen molar-refractivity contribution in [3.63, 3.8) is 0 Å². The van der Waals surface area contributed by atoms with Crippen molar-refractivity contribution in [2.45, 2.75) is 26.4 Å². The minimum atomic E-state index is -0.354. The van der Waals surface area contributed by atoms with Crippen LogP contribution in [0.4, 0.5) is 0 Å². The maximum atomic E-state index is 11.0. The molecule has 0 fully saturated rings. The highest BCUT2D eigenvalue weighted by Crippen LogP contribution is 2.01. The molecule has 0 aromatic heterocycles. The van der Waals surface area contributed by atoms with E-state index in [1.165, 1.54) is 17.7 Å².